The number of likely N-dealkylation sites (tertiary alicyclic amines) is 1. The molecule has 1 aromatic rings. The highest BCUT2D eigenvalue weighted by molar-refractivity contribution is 5.96. The van der Waals surface area contributed by atoms with Crippen LogP contribution < -0.4 is 0 Å². The fourth-order valence-electron chi connectivity index (χ4n) is 2.78. The molecule has 4 heteroatoms. The van der Waals surface area contributed by atoms with Gasteiger partial charge in [-0.1, -0.05) is 6.07 Å². The summed E-state index contributed by atoms with van der Waals surface area (Å²) in [4.78, 5) is 16.6. The van der Waals surface area contributed by atoms with Crippen LogP contribution >= 0.6 is 0 Å². The standard InChI is InChI=1S/C16H24N2O2/c1-12-14(5-4-6-15(12)19)16(20)18(3)11-13-7-9-17(2)10-8-13/h4-6,13,19H,7-11H2,1-3H3. The Hall–Kier alpha value is -1.55. The van der Waals surface area contributed by atoms with E-state index in [0.29, 0.717) is 17.0 Å². The van der Waals surface area contributed by atoms with E-state index in [4.69, 9.17) is 0 Å². The fraction of sp³-hybridized carbons (Fsp3) is 0.562. The van der Waals surface area contributed by atoms with Crippen molar-refractivity contribution >= 4 is 5.91 Å². The van der Waals surface area contributed by atoms with E-state index in [1.165, 1.54) is 0 Å². The Bertz CT molecular complexity index is 479. The van der Waals surface area contributed by atoms with Crippen molar-refractivity contribution in [2.24, 2.45) is 5.92 Å². The second-order valence-corrected chi connectivity index (χ2v) is 5.88. The van der Waals surface area contributed by atoms with Gasteiger partial charge in [-0.2, -0.15) is 0 Å². The minimum atomic E-state index is -0.00247. The lowest BCUT2D eigenvalue weighted by molar-refractivity contribution is 0.0746. The third kappa shape index (κ3) is 3.31. The van der Waals surface area contributed by atoms with E-state index < -0.39 is 0 Å². The van der Waals surface area contributed by atoms with Crippen LogP contribution in [0.4, 0.5) is 0 Å². The molecule has 0 radical (unpaired) electrons. The second kappa shape index (κ2) is 6.27. The lowest BCUT2D eigenvalue weighted by Gasteiger charge is -2.31. The Morgan fingerprint density at radius 1 is 1.40 bits per heavy atom. The maximum Gasteiger partial charge on any atom is 0.254 e. The molecule has 1 heterocycles. The Balaban J connectivity index is 2.00. The third-order valence-corrected chi connectivity index (χ3v) is 4.25. The van der Waals surface area contributed by atoms with E-state index in [0.717, 1.165) is 32.5 Å². The summed E-state index contributed by atoms with van der Waals surface area (Å²) in [6, 6.07) is 5.12. The van der Waals surface area contributed by atoms with E-state index in [2.05, 4.69) is 11.9 Å². The molecule has 0 atom stereocenters. The lowest BCUT2D eigenvalue weighted by atomic mass is 9.96. The van der Waals surface area contributed by atoms with Gasteiger partial charge in [0.2, 0.25) is 0 Å². The van der Waals surface area contributed by atoms with Gasteiger partial charge in [-0.3, -0.25) is 4.79 Å². The van der Waals surface area contributed by atoms with E-state index >= 15 is 0 Å². The van der Waals surface area contributed by atoms with Gasteiger partial charge < -0.3 is 14.9 Å². The molecule has 0 unspecified atom stereocenters. The molecule has 1 aliphatic heterocycles. The fourth-order valence-corrected chi connectivity index (χ4v) is 2.78. The largest absolute Gasteiger partial charge is 0.508 e. The van der Waals surface area contributed by atoms with Crippen LogP contribution in [-0.4, -0.2) is 54.5 Å². The van der Waals surface area contributed by atoms with E-state index in [-0.39, 0.29) is 11.7 Å². The molecule has 110 valence electrons. The monoisotopic (exact) mass is 276 g/mol. The molecule has 1 N–H and O–H groups in total. The maximum absolute atomic E-state index is 12.5. The molecule has 20 heavy (non-hydrogen) atoms. The first-order chi connectivity index (χ1) is 9.49. The zero-order valence-corrected chi connectivity index (χ0v) is 12.6. The minimum Gasteiger partial charge on any atom is -0.508 e. The predicted octanol–water partition coefficient (Wildman–Crippen LogP) is 2.11. The van der Waals surface area contributed by atoms with Crippen LogP contribution in [0, 0.1) is 12.8 Å². The molecule has 1 fully saturated rings. The normalized spacial score (nSPS) is 17.1. The number of hydrogen-bond acceptors (Lipinski definition) is 3. The number of hydrogen-bond donors (Lipinski definition) is 1. The second-order valence-electron chi connectivity index (χ2n) is 5.88. The maximum atomic E-state index is 12.5. The molecule has 0 aliphatic carbocycles. The summed E-state index contributed by atoms with van der Waals surface area (Å²) in [5.41, 5.74) is 1.26. The number of carbonyl (C=O) groups excluding carboxylic acids is 1. The van der Waals surface area contributed by atoms with Crippen LogP contribution in [0.5, 0.6) is 5.75 Å². The number of rotatable bonds is 3. The van der Waals surface area contributed by atoms with Gasteiger partial charge in [-0.15, -0.1) is 0 Å². The molecule has 0 saturated carbocycles. The highest BCUT2D eigenvalue weighted by Crippen LogP contribution is 2.22. The minimum absolute atomic E-state index is 0.00247. The highest BCUT2D eigenvalue weighted by Gasteiger charge is 2.22. The van der Waals surface area contributed by atoms with Gasteiger partial charge in [-0.05, 0) is 58.0 Å². The third-order valence-electron chi connectivity index (χ3n) is 4.25. The van der Waals surface area contributed by atoms with Gasteiger partial charge in [0, 0.05) is 24.7 Å². The van der Waals surface area contributed by atoms with Crippen LogP contribution in [0.1, 0.15) is 28.8 Å². The molecule has 1 amide bonds. The molecular formula is C16H24N2O2. The van der Waals surface area contributed by atoms with Crippen molar-refractivity contribution in [3.63, 3.8) is 0 Å². The first kappa shape index (κ1) is 14.9. The van der Waals surface area contributed by atoms with Crippen LogP contribution in [0.15, 0.2) is 18.2 Å². The van der Waals surface area contributed by atoms with E-state index in [1.807, 2.05) is 7.05 Å². The summed E-state index contributed by atoms with van der Waals surface area (Å²) in [6.45, 7) is 4.80. The zero-order valence-electron chi connectivity index (χ0n) is 12.6. The molecular weight excluding hydrogens is 252 g/mol. The van der Waals surface area contributed by atoms with Gasteiger partial charge in [-0.25, -0.2) is 0 Å². The highest BCUT2D eigenvalue weighted by atomic mass is 16.3. The molecule has 2 rings (SSSR count). The number of phenols is 1. The topological polar surface area (TPSA) is 43.8 Å². The van der Waals surface area contributed by atoms with Crippen molar-refractivity contribution in [2.45, 2.75) is 19.8 Å². The Kier molecular flexibility index (Phi) is 4.65. The number of benzene rings is 1. The number of phenolic OH excluding ortho intramolecular Hbond substituents is 1. The SMILES string of the molecule is Cc1c(O)cccc1C(=O)N(C)CC1CCN(C)CC1. The van der Waals surface area contributed by atoms with Crippen LogP contribution in [0.3, 0.4) is 0 Å². The Labute approximate surface area is 121 Å². The van der Waals surface area contributed by atoms with Gasteiger partial charge in [0.1, 0.15) is 5.75 Å². The first-order valence-corrected chi connectivity index (χ1v) is 7.21. The summed E-state index contributed by atoms with van der Waals surface area (Å²) in [5.74, 6) is 0.763. The van der Waals surface area contributed by atoms with Crippen molar-refractivity contribution in [1.29, 1.82) is 0 Å². The summed E-state index contributed by atoms with van der Waals surface area (Å²) in [6.07, 6.45) is 2.29. The van der Waals surface area contributed by atoms with Gasteiger partial charge >= 0.3 is 0 Å². The first-order valence-electron chi connectivity index (χ1n) is 7.21. The summed E-state index contributed by atoms with van der Waals surface area (Å²) in [7, 11) is 3.99. The smallest absolute Gasteiger partial charge is 0.254 e. The predicted molar refractivity (Wildman–Crippen MR) is 80.0 cm³/mol. The molecule has 0 bridgehead atoms. The number of amides is 1. The van der Waals surface area contributed by atoms with E-state index in [1.54, 1.807) is 30.0 Å². The van der Waals surface area contributed by atoms with Crippen molar-refractivity contribution in [3.05, 3.63) is 29.3 Å². The summed E-state index contributed by atoms with van der Waals surface area (Å²) < 4.78 is 0. The molecule has 1 aliphatic rings. The zero-order chi connectivity index (χ0) is 14.7. The van der Waals surface area contributed by atoms with Crippen molar-refractivity contribution in [3.8, 4) is 5.75 Å². The summed E-state index contributed by atoms with van der Waals surface area (Å²) in [5, 5.41) is 9.71. The van der Waals surface area contributed by atoms with Gasteiger partial charge in [0.15, 0.2) is 0 Å². The van der Waals surface area contributed by atoms with Gasteiger partial charge in [0.05, 0.1) is 0 Å². The number of piperidine rings is 1. The van der Waals surface area contributed by atoms with Crippen LogP contribution in [0.2, 0.25) is 0 Å². The van der Waals surface area contributed by atoms with Crippen LogP contribution in [-0.2, 0) is 0 Å². The van der Waals surface area contributed by atoms with Crippen molar-refractivity contribution < 1.29 is 9.90 Å². The quantitative estimate of drug-likeness (QED) is 0.919. The average molecular weight is 276 g/mol. The van der Waals surface area contributed by atoms with Crippen molar-refractivity contribution in [2.75, 3.05) is 33.7 Å². The number of aromatic hydroxyl groups is 1. The van der Waals surface area contributed by atoms with E-state index in [9.17, 15) is 9.90 Å². The molecule has 0 spiro atoms. The Morgan fingerprint density at radius 3 is 2.70 bits per heavy atom. The van der Waals surface area contributed by atoms with Crippen LogP contribution in [0.25, 0.3) is 0 Å². The molecule has 1 saturated heterocycles. The summed E-state index contributed by atoms with van der Waals surface area (Å²) >= 11 is 0. The molecule has 0 aromatic heterocycles. The lowest BCUT2D eigenvalue weighted by Crippen LogP contribution is -2.38. The number of carbonyl (C=O) groups is 1. The average Bonchev–Trinajstić information content (AvgIpc) is 2.43. The van der Waals surface area contributed by atoms with Gasteiger partial charge in [0.25, 0.3) is 5.91 Å². The molecule has 4 nitrogen and oxygen atoms in total. The van der Waals surface area contributed by atoms with Crippen molar-refractivity contribution in [1.82, 2.24) is 9.80 Å². The number of nitrogens with zero attached hydrogens (tertiary/aromatic N) is 2. The molecule has 1 aromatic carbocycles. The Morgan fingerprint density at radius 2 is 2.05 bits per heavy atom.